The number of benzene rings is 4. The molecule has 0 nitrogen and oxygen atoms in total. The third-order valence-electron chi connectivity index (χ3n) is 4.53. The molecule has 0 atom stereocenters. The molecule has 0 aliphatic rings. The molecule has 4 rings (SSSR count). The van der Waals surface area contributed by atoms with E-state index in [9.17, 15) is 0 Å². The second-order valence-corrected chi connectivity index (χ2v) is 12.5. The summed E-state index contributed by atoms with van der Waals surface area (Å²) in [6.07, 6.45) is 2.26. The van der Waals surface area contributed by atoms with Gasteiger partial charge in [0.2, 0.25) is 0 Å². The van der Waals surface area contributed by atoms with Gasteiger partial charge < -0.3 is 0 Å². The van der Waals surface area contributed by atoms with Crippen LogP contribution in [0.3, 0.4) is 0 Å². The molecule has 0 amide bonds. The first-order valence-electron chi connectivity index (χ1n) is 8.65. The SMILES string of the molecule is [Se]=P(/C=C\c1ccc2ccccc2c1)(c1ccccc1)c1ccccc1. The van der Waals surface area contributed by atoms with Crippen molar-refractivity contribution in [3.8, 4) is 0 Å². The molecule has 0 aliphatic heterocycles. The van der Waals surface area contributed by atoms with Crippen LogP contribution in [0.2, 0.25) is 0 Å². The van der Waals surface area contributed by atoms with Crippen LogP contribution in [0.4, 0.5) is 0 Å². The summed E-state index contributed by atoms with van der Waals surface area (Å²) in [5.74, 6) is 2.38. The van der Waals surface area contributed by atoms with Crippen LogP contribution in [0.15, 0.2) is 109 Å². The van der Waals surface area contributed by atoms with Crippen LogP contribution in [0.25, 0.3) is 16.8 Å². The van der Waals surface area contributed by atoms with E-state index in [1.165, 1.54) is 26.9 Å². The second-order valence-electron chi connectivity index (χ2n) is 6.25. The van der Waals surface area contributed by atoms with Crippen molar-refractivity contribution in [1.29, 1.82) is 0 Å². The Balaban J connectivity index is 1.79. The molecule has 2 heteroatoms. The normalized spacial score (nSPS) is 11.8. The Hall–Kier alpha value is -2.17. The molecule has 0 aromatic heterocycles. The molecule has 0 unspecified atom stereocenters. The summed E-state index contributed by atoms with van der Waals surface area (Å²) < 4.78 is 0. The first kappa shape index (κ1) is 17.3. The van der Waals surface area contributed by atoms with Crippen molar-refractivity contribution in [2.75, 3.05) is 0 Å². The van der Waals surface area contributed by atoms with E-state index in [1.807, 2.05) is 0 Å². The van der Waals surface area contributed by atoms with Gasteiger partial charge in [-0.2, -0.15) is 0 Å². The van der Waals surface area contributed by atoms with Crippen molar-refractivity contribution >= 4 is 48.1 Å². The number of fused-ring (bicyclic) bond motifs is 1. The standard InChI is InChI=1S/C24H19PSe/c26-25(23-11-3-1-4-12-23,24-13-5-2-6-14-24)18-17-20-15-16-21-9-7-8-10-22(21)19-20/h1-19H/b18-17-. The van der Waals surface area contributed by atoms with Crippen LogP contribution in [0, 0.1) is 0 Å². The summed E-state index contributed by atoms with van der Waals surface area (Å²) in [6.45, 7) is 0. The summed E-state index contributed by atoms with van der Waals surface area (Å²) in [4.78, 5) is 0. The minimum absolute atomic E-state index is 1.23. The Kier molecular flexibility index (Phi) is 5.04. The van der Waals surface area contributed by atoms with Gasteiger partial charge in [-0.05, 0) is 0 Å². The van der Waals surface area contributed by atoms with Gasteiger partial charge >= 0.3 is 163 Å². The molecule has 0 bridgehead atoms. The molecule has 126 valence electrons. The fraction of sp³-hybridized carbons (Fsp3) is 0. The monoisotopic (exact) mass is 418 g/mol. The molecule has 0 spiro atoms. The van der Waals surface area contributed by atoms with Gasteiger partial charge in [-0.1, -0.05) is 0 Å². The molecule has 0 fully saturated rings. The van der Waals surface area contributed by atoms with Gasteiger partial charge in [-0.25, -0.2) is 0 Å². The van der Waals surface area contributed by atoms with E-state index >= 15 is 0 Å². The van der Waals surface area contributed by atoms with Crippen molar-refractivity contribution in [2.24, 2.45) is 0 Å². The molecular weight excluding hydrogens is 398 g/mol. The van der Waals surface area contributed by atoms with Gasteiger partial charge in [0, 0.05) is 0 Å². The second kappa shape index (κ2) is 7.60. The average Bonchev–Trinajstić information content (AvgIpc) is 2.73. The molecule has 4 aromatic carbocycles. The molecule has 0 saturated heterocycles. The molecule has 0 N–H and O–H groups in total. The Morgan fingerprint density at radius 3 is 1.73 bits per heavy atom. The van der Waals surface area contributed by atoms with Crippen LogP contribution < -0.4 is 10.6 Å². The van der Waals surface area contributed by atoms with E-state index in [0.29, 0.717) is 0 Å². The average molecular weight is 417 g/mol. The number of rotatable bonds is 4. The first-order valence-corrected chi connectivity index (χ1v) is 12.7. The van der Waals surface area contributed by atoms with Crippen molar-refractivity contribution in [1.82, 2.24) is 0 Å². The number of hydrogen-bond acceptors (Lipinski definition) is 0. The Morgan fingerprint density at radius 1 is 0.577 bits per heavy atom. The molecule has 4 aromatic rings. The van der Waals surface area contributed by atoms with E-state index in [2.05, 4.69) is 130 Å². The summed E-state index contributed by atoms with van der Waals surface area (Å²) in [7, 11) is 0. The van der Waals surface area contributed by atoms with Crippen LogP contribution in [0.1, 0.15) is 5.56 Å². The van der Waals surface area contributed by atoms with Gasteiger partial charge in [0.1, 0.15) is 0 Å². The maximum atomic E-state index is 3.55. The fourth-order valence-corrected chi connectivity index (χ4v) is 7.29. The zero-order valence-electron chi connectivity index (χ0n) is 14.3. The summed E-state index contributed by atoms with van der Waals surface area (Å²) in [5, 5.41) is 5.25. The van der Waals surface area contributed by atoms with E-state index in [1.54, 1.807) is 0 Å². The molecule has 0 saturated carbocycles. The molecule has 0 aliphatic carbocycles. The van der Waals surface area contributed by atoms with Gasteiger partial charge in [0.05, 0.1) is 0 Å². The molecule has 26 heavy (non-hydrogen) atoms. The van der Waals surface area contributed by atoms with Crippen LogP contribution >= 0.6 is 5.51 Å². The van der Waals surface area contributed by atoms with E-state index in [4.69, 9.17) is 0 Å². The molecular formula is C24H19PSe. The van der Waals surface area contributed by atoms with Crippen molar-refractivity contribution in [3.05, 3.63) is 115 Å². The van der Waals surface area contributed by atoms with Crippen LogP contribution in [0.5, 0.6) is 0 Å². The van der Waals surface area contributed by atoms with Crippen molar-refractivity contribution in [3.63, 3.8) is 0 Å². The topological polar surface area (TPSA) is 0 Å². The van der Waals surface area contributed by atoms with Gasteiger partial charge in [-0.15, -0.1) is 0 Å². The van der Waals surface area contributed by atoms with Gasteiger partial charge in [0.25, 0.3) is 0 Å². The predicted molar refractivity (Wildman–Crippen MR) is 118 cm³/mol. The maximum absolute atomic E-state index is 3.55. The zero-order valence-corrected chi connectivity index (χ0v) is 16.9. The van der Waals surface area contributed by atoms with Gasteiger partial charge in [-0.3, -0.25) is 0 Å². The zero-order chi connectivity index (χ0) is 17.8. The molecule has 0 radical (unpaired) electrons. The summed E-state index contributed by atoms with van der Waals surface area (Å²) >= 11 is 3.55. The van der Waals surface area contributed by atoms with Crippen molar-refractivity contribution in [2.45, 2.75) is 0 Å². The minimum atomic E-state index is -1.71. The van der Waals surface area contributed by atoms with E-state index in [-0.39, 0.29) is 0 Å². The third kappa shape index (κ3) is 3.53. The quantitative estimate of drug-likeness (QED) is 0.301. The van der Waals surface area contributed by atoms with E-state index in [0.717, 1.165) is 0 Å². The summed E-state index contributed by atoms with van der Waals surface area (Å²) in [6, 6.07) is 36.7. The van der Waals surface area contributed by atoms with Crippen LogP contribution in [-0.4, -0.2) is 15.1 Å². The first-order chi connectivity index (χ1) is 12.8. The fourth-order valence-electron chi connectivity index (χ4n) is 3.12. The summed E-state index contributed by atoms with van der Waals surface area (Å²) in [5.41, 5.74) is -0.474. The Labute approximate surface area is 162 Å². The Morgan fingerprint density at radius 2 is 1.12 bits per heavy atom. The van der Waals surface area contributed by atoms with Gasteiger partial charge in [0.15, 0.2) is 0 Å². The third-order valence-corrected chi connectivity index (χ3v) is 10.6. The van der Waals surface area contributed by atoms with Crippen molar-refractivity contribution < 1.29 is 0 Å². The van der Waals surface area contributed by atoms with Crippen LogP contribution in [-0.2, 0) is 0 Å². The van der Waals surface area contributed by atoms with E-state index < -0.39 is 5.51 Å². The number of hydrogen-bond donors (Lipinski definition) is 0. The molecule has 0 heterocycles. The predicted octanol–water partition coefficient (Wildman–Crippen LogP) is 5.56. The Bertz CT molecular complexity index is 1060.